The summed E-state index contributed by atoms with van der Waals surface area (Å²) in [5, 5.41) is 0. The Morgan fingerprint density at radius 2 is 1.81 bits per heavy atom. The Morgan fingerprint density at radius 1 is 1.14 bits per heavy atom. The van der Waals surface area contributed by atoms with Crippen LogP contribution in [-0.4, -0.2) is 5.91 Å². The van der Waals surface area contributed by atoms with Crippen LogP contribution in [0.15, 0.2) is 48.5 Å². The molecule has 0 fully saturated rings. The van der Waals surface area contributed by atoms with Crippen LogP contribution in [0.5, 0.6) is 5.75 Å². The van der Waals surface area contributed by atoms with Crippen molar-refractivity contribution >= 4 is 5.91 Å². The summed E-state index contributed by atoms with van der Waals surface area (Å²) >= 11 is 0. The molecule has 0 aromatic heterocycles. The highest BCUT2D eigenvalue weighted by Gasteiger charge is 2.09. The van der Waals surface area contributed by atoms with E-state index in [0.29, 0.717) is 18.1 Å². The lowest BCUT2D eigenvalue weighted by molar-refractivity contribution is 0.0951. The lowest BCUT2D eigenvalue weighted by atomic mass is 10.0. The number of ether oxygens (including phenoxy) is 1. The molecule has 4 heteroatoms. The number of carbonyl (C=O) groups excluding carboxylic acids is 1. The third kappa shape index (κ3) is 3.83. The first-order valence-corrected chi connectivity index (χ1v) is 6.93. The summed E-state index contributed by atoms with van der Waals surface area (Å²) in [6, 6.07) is 15.2. The second-order valence-electron chi connectivity index (χ2n) is 5.14. The minimum absolute atomic E-state index is 0.315. The van der Waals surface area contributed by atoms with Crippen LogP contribution in [0.3, 0.4) is 0 Å². The number of rotatable bonds is 5. The van der Waals surface area contributed by atoms with Crippen molar-refractivity contribution in [1.29, 1.82) is 0 Å². The van der Waals surface area contributed by atoms with E-state index in [9.17, 15) is 4.79 Å². The number of nitrogens with one attached hydrogen (secondary N) is 1. The smallest absolute Gasteiger partial charge is 0.265 e. The molecular formula is C17H20N2O2. The van der Waals surface area contributed by atoms with Gasteiger partial charge in [-0.05, 0) is 29.7 Å². The Hall–Kier alpha value is -2.33. The van der Waals surface area contributed by atoms with Gasteiger partial charge in [-0.3, -0.25) is 10.2 Å². The van der Waals surface area contributed by atoms with Gasteiger partial charge in [0.2, 0.25) is 0 Å². The Morgan fingerprint density at radius 3 is 2.43 bits per heavy atom. The summed E-state index contributed by atoms with van der Waals surface area (Å²) in [7, 11) is 0. The highest BCUT2D eigenvalue weighted by Crippen LogP contribution is 2.20. The van der Waals surface area contributed by atoms with Gasteiger partial charge in [0.25, 0.3) is 5.91 Å². The topological polar surface area (TPSA) is 64.3 Å². The lowest BCUT2D eigenvalue weighted by Crippen LogP contribution is -2.30. The van der Waals surface area contributed by atoms with E-state index in [1.807, 2.05) is 24.3 Å². The number of nitrogen functional groups attached to an aromatic ring is 1. The molecule has 0 saturated carbocycles. The molecule has 0 aliphatic rings. The molecule has 2 rings (SSSR count). The molecule has 0 aliphatic heterocycles. The van der Waals surface area contributed by atoms with Crippen molar-refractivity contribution in [1.82, 2.24) is 5.43 Å². The van der Waals surface area contributed by atoms with Gasteiger partial charge in [-0.1, -0.05) is 44.2 Å². The number of hydrazine groups is 1. The standard InChI is InChI=1S/C17H20N2O2/c1-12(2)13-7-9-15(10-8-13)21-11-14-5-3-4-6-16(14)17(20)19-18/h3-10,12H,11,18H2,1-2H3,(H,19,20). The Kier molecular flexibility index (Phi) is 4.95. The fraction of sp³-hybridized carbons (Fsp3) is 0.235. The predicted octanol–water partition coefficient (Wildman–Crippen LogP) is 2.99. The van der Waals surface area contributed by atoms with Crippen molar-refractivity contribution < 1.29 is 9.53 Å². The second kappa shape index (κ2) is 6.90. The summed E-state index contributed by atoms with van der Waals surface area (Å²) in [5.74, 6) is 6.14. The van der Waals surface area contributed by atoms with Crippen LogP contribution in [0, 0.1) is 0 Å². The summed E-state index contributed by atoms with van der Waals surface area (Å²) in [4.78, 5) is 11.7. The van der Waals surface area contributed by atoms with Gasteiger partial charge in [0.15, 0.2) is 0 Å². The highest BCUT2D eigenvalue weighted by molar-refractivity contribution is 5.95. The van der Waals surface area contributed by atoms with E-state index in [1.165, 1.54) is 5.56 Å². The van der Waals surface area contributed by atoms with E-state index >= 15 is 0 Å². The predicted molar refractivity (Wildman–Crippen MR) is 83.0 cm³/mol. The maximum absolute atomic E-state index is 11.7. The zero-order chi connectivity index (χ0) is 15.2. The molecule has 2 aromatic rings. The van der Waals surface area contributed by atoms with E-state index in [-0.39, 0.29) is 5.91 Å². The van der Waals surface area contributed by atoms with Crippen LogP contribution in [0.4, 0.5) is 0 Å². The van der Waals surface area contributed by atoms with Crippen LogP contribution in [0.2, 0.25) is 0 Å². The minimum atomic E-state index is -0.315. The highest BCUT2D eigenvalue weighted by atomic mass is 16.5. The van der Waals surface area contributed by atoms with Crippen molar-refractivity contribution in [2.24, 2.45) is 5.84 Å². The van der Waals surface area contributed by atoms with Crippen LogP contribution >= 0.6 is 0 Å². The third-order valence-electron chi connectivity index (χ3n) is 3.33. The molecule has 110 valence electrons. The number of amides is 1. The van der Waals surface area contributed by atoms with Gasteiger partial charge in [0.1, 0.15) is 12.4 Å². The number of benzene rings is 2. The third-order valence-corrected chi connectivity index (χ3v) is 3.33. The van der Waals surface area contributed by atoms with Crippen molar-refractivity contribution in [3.8, 4) is 5.75 Å². The first-order valence-electron chi connectivity index (χ1n) is 6.93. The first-order chi connectivity index (χ1) is 10.1. The average molecular weight is 284 g/mol. The Balaban J connectivity index is 2.08. The molecule has 2 aromatic carbocycles. The van der Waals surface area contributed by atoms with E-state index in [2.05, 4.69) is 31.4 Å². The second-order valence-corrected chi connectivity index (χ2v) is 5.14. The quantitative estimate of drug-likeness (QED) is 0.504. The van der Waals surface area contributed by atoms with Gasteiger partial charge in [-0.25, -0.2) is 5.84 Å². The van der Waals surface area contributed by atoms with Crippen LogP contribution < -0.4 is 16.0 Å². The van der Waals surface area contributed by atoms with Crippen LogP contribution in [0.1, 0.15) is 41.3 Å². The molecule has 0 heterocycles. The van der Waals surface area contributed by atoms with E-state index < -0.39 is 0 Å². The maximum atomic E-state index is 11.7. The van der Waals surface area contributed by atoms with Gasteiger partial charge in [-0.15, -0.1) is 0 Å². The zero-order valence-corrected chi connectivity index (χ0v) is 12.3. The molecule has 0 radical (unpaired) electrons. The maximum Gasteiger partial charge on any atom is 0.265 e. The largest absolute Gasteiger partial charge is 0.489 e. The van der Waals surface area contributed by atoms with Gasteiger partial charge in [0.05, 0.1) is 0 Å². The van der Waals surface area contributed by atoms with Crippen LogP contribution in [0.25, 0.3) is 0 Å². The number of nitrogens with two attached hydrogens (primary N) is 1. The van der Waals surface area contributed by atoms with E-state index in [0.717, 1.165) is 11.3 Å². The summed E-state index contributed by atoms with van der Waals surface area (Å²) in [5.41, 5.74) is 4.74. The zero-order valence-electron chi connectivity index (χ0n) is 12.3. The van der Waals surface area contributed by atoms with Gasteiger partial charge < -0.3 is 4.74 Å². The normalized spacial score (nSPS) is 10.5. The molecule has 1 amide bonds. The summed E-state index contributed by atoms with van der Waals surface area (Å²) in [6.45, 7) is 4.62. The van der Waals surface area contributed by atoms with Gasteiger partial charge in [0, 0.05) is 11.1 Å². The van der Waals surface area contributed by atoms with E-state index in [4.69, 9.17) is 10.6 Å². The molecule has 0 atom stereocenters. The van der Waals surface area contributed by atoms with Crippen molar-refractivity contribution in [2.75, 3.05) is 0 Å². The fourth-order valence-electron chi connectivity index (χ4n) is 2.06. The lowest BCUT2D eigenvalue weighted by Gasteiger charge is -2.11. The number of hydrogen-bond acceptors (Lipinski definition) is 3. The summed E-state index contributed by atoms with van der Waals surface area (Å²) < 4.78 is 5.74. The fourth-order valence-corrected chi connectivity index (χ4v) is 2.06. The molecule has 0 unspecified atom stereocenters. The molecular weight excluding hydrogens is 264 g/mol. The molecule has 0 saturated heterocycles. The molecule has 4 nitrogen and oxygen atoms in total. The van der Waals surface area contributed by atoms with Gasteiger partial charge in [-0.2, -0.15) is 0 Å². The Labute approximate surface area is 124 Å². The molecule has 0 bridgehead atoms. The van der Waals surface area contributed by atoms with Crippen molar-refractivity contribution in [3.63, 3.8) is 0 Å². The van der Waals surface area contributed by atoms with E-state index in [1.54, 1.807) is 12.1 Å². The van der Waals surface area contributed by atoms with Crippen molar-refractivity contribution in [3.05, 3.63) is 65.2 Å². The van der Waals surface area contributed by atoms with Crippen LogP contribution in [-0.2, 0) is 6.61 Å². The minimum Gasteiger partial charge on any atom is -0.489 e. The molecule has 0 spiro atoms. The number of hydrogen-bond donors (Lipinski definition) is 2. The van der Waals surface area contributed by atoms with Crippen molar-refractivity contribution in [2.45, 2.75) is 26.4 Å². The molecule has 21 heavy (non-hydrogen) atoms. The van der Waals surface area contributed by atoms with Gasteiger partial charge >= 0.3 is 0 Å². The Bertz CT molecular complexity index is 606. The number of carbonyl (C=O) groups is 1. The average Bonchev–Trinajstić information content (AvgIpc) is 2.52. The summed E-state index contributed by atoms with van der Waals surface area (Å²) in [6.07, 6.45) is 0. The monoisotopic (exact) mass is 284 g/mol. The molecule has 3 N–H and O–H groups in total. The molecule has 0 aliphatic carbocycles. The first kappa shape index (κ1) is 15.1. The SMILES string of the molecule is CC(C)c1ccc(OCc2ccccc2C(=O)NN)cc1.